The second-order valence-corrected chi connectivity index (χ2v) is 15.1. The highest BCUT2D eigenvalue weighted by Crippen LogP contribution is 2.39. The first kappa shape index (κ1) is 24.9. The van der Waals surface area contributed by atoms with Crippen LogP contribution in [-0.4, -0.2) is 28.1 Å². The van der Waals surface area contributed by atoms with Crippen LogP contribution in [0.25, 0.3) is 0 Å². The summed E-state index contributed by atoms with van der Waals surface area (Å²) in [6.07, 6.45) is -0.108. The summed E-state index contributed by atoms with van der Waals surface area (Å²) in [4.78, 5) is 0. The van der Waals surface area contributed by atoms with Crippen LogP contribution in [0.4, 0.5) is 0 Å². The molecule has 0 radical (unpaired) electrons. The van der Waals surface area contributed by atoms with Crippen molar-refractivity contribution in [2.75, 3.05) is 13.7 Å². The van der Waals surface area contributed by atoms with Gasteiger partial charge in [-0.25, -0.2) is 0 Å². The third-order valence-corrected chi connectivity index (χ3v) is 12.2. The lowest BCUT2D eigenvalue weighted by Gasteiger charge is -2.45. The molecular weight excluding hydrogens is 476 g/mol. The van der Waals surface area contributed by atoms with Crippen LogP contribution in [0.3, 0.4) is 0 Å². The Morgan fingerprint density at radius 2 is 1.22 bits per heavy atom. The van der Waals surface area contributed by atoms with Crippen molar-refractivity contribution in [1.29, 1.82) is 0 Å². The molecule has 32 heavy (non-hydrogen) atoms. The van der Waals surface area contributed by atoms with Crippen LogP contribution in [0, 0.1) is 0 Å². The van der Waals surface area contributed by atoms with E-state index < -0.39 is 8.32 Å². The predicted molar refractivity (Wildman–Crippen MR) is 142 cm³/mol. The van der Waals surface area contributed by atoms with Crippen molar-refractivity contribution in [1.82, 2.24) is 0 Å². The van der Waals surface area contributed by atoms with Gasteiger partial charge in [-0.1, -0.05) is 129 Å². The Labute approximate surface area is 203 Å². The van der Waals surface area contributed by atoms with Gasteiger partial charge < -0.3 is 9.16 Å². The van der Waals surface area contributed by atoms with Crippen molar-refractivity contribution < 1.29 is 9.16 Å². The predicted octanol–water partition coefficient (Wildman–Crippen LogP) is 6.32. The smallest absolute Gasteiger partial charge is 0.261 e. The van der Waals surface area contributed by atoms with Crippen LogP contribution >= 0.6 is 15.9 Å². The molecule has 0 heterocycles. The second-order valence-electron chi connectivity index (χ2n) is 9.90. The normalized spacial score (nSPS) is 13.7. The SMILES string of the molecule is CO[C@@H](CO[Si](c1ccccc1)(c1ccccc1)C(C)(C)C)C(C)(C)c1ccccc1Br. The van der Waals surface area contributed by atoms with E-state index in [2.05, 4.69) is 129 Å². The Bertz CT molecular complexity index is 957. The lowest BCUT2D eigenvalue weighted by atomic mass is 9.79. The van der Waals surface area contributed by atoms with Crippen molar-refractivity contribution in [2.24, 2.45) is 0 Å². The molecule has 0 bridgehead atoms. The van der Waals surface area contributed by atoms with Crippen LogP contribution in [0.15, 0.2) is 89.4 Å². The van der Waals surface area contributed by atoms with Gasteiger partial charge in [-0.3, -0.25) is 0 Å². The molecule has 0 N–H and O–H groups in total. The molecule has 2 nitrogen and oxygen atoms in total. The van der Waals surface area contributed by atoms with Gasteiger partial charge in [0, 0.05) is 17.0 Å². The van der Waals surface area contributed by atoms with Crippen molar-refractivity contribution in [2.45, 2.75) is 51.2 Å². The Morgan fingerprint density at radius 1 is 0.750 bits per heavy atom. The standard InChI is InChI=1S/C28H35BrO2Si/c1-27(2,3)32(22-15-9-7-10-16-22,23-17-11-8-12-18-23)31-21-26(30-6)28(4,5)24-19-13-14-20-25(24)29/h7-20,26H,21H2,1-6H3/t26-/m0/s1. The van der Waals surface area contributed by atoms with Gasteiger partial charge in [-0.2, -0.15) is 0 Å². The zero-order valence-corrected chi connectivity index (χ0v) is 22.6. The zero-order valence-electron chi connectivity index (χ0n) is 20.1. The van der Waals surface area contributed by atoms with Gasteiger partial charge in [0.2, 0.25) is 0 Å². The fraction of sp³-hybridized carbons (Fsp3) is 0.357. The zero-order chi connectivity index (χ0) is 23.4. The quantitative estimate of drug-likeness (QED) is 0.330. The molecule has 3 aromatic carbocycles. The lowest BCUT2D eigenvalue weighted by molar-refractivity contribution is 0.00694. The number of hydrogen-bond acceptors (Lipinski definition) is 2. The summed E-state index contributed by atoms with van der Waals surface area (Å²) in [5.41, 5.74) is 0.984. The fourth-order valence-corrected chi connectivity index (χ4v) is 10.0. The van der Waals surface area contributed by atoms with E-state index in [4.69, 9.17) is 9.16 Å². The molecule has 0 saturated carbocycles. The summed E-state index contributed by atoms with van der Waals surface area (Å²) < 4.78 is 14.3. The summed E-state index contributed by atoms with van der Waals surface area (Å²) in [6.45, 7) is 11.9. The van der Waals surface area contributed by atoms with E-state index in [1.807, 2.05) is 6.07 Å². The van der Waals surface area contributed by atoms with E-state index in [0.29, 0.717) is 6.61 Å². The number of halogens is 1. The molecule has 0 aliphatic carbocycles. The van der Waals surface area contributed by atoms with E-state index in [1.54, 1.807) is 7.11 Å². The molecule has 0 aromatic heterocycles. The number of ether oxygens (including phenoxy) is 1. The average Bonchev–Trinajstić information content (AvgIpc) is 2.77. The number of benzene rings is 3. The summed E-state index contributed by atoms with van der Waals surface area (Å²) in [6, 6.07) is 29.9. The summed E-state index contributed by atoms with van der Waals surface area (Å²) in [5.74, 6) is 0. The molecule has 0 aliphatic rings. The molecule has 3 aromatic rings. The van der Waals surface area contributed by atoms with Crippen molar-refractivity contribution in [3.8, 4) is 0 Å². The molecule has 0 unspecified atom stereocenters. The largest absolute Gasteiger partial charge is 0.405 e. The number of hydrogen-bond donors (Lipinski definition) is 0. The fourth-order valence-electron chi connectivity index (χ4n) is 4.69. The van der Waals surface area contributed by atoms with Crippen molar-refractivity contribution in [3.05, 3.63) is 95.0 Å². The maximum atomic E-state index is 7.17. The Kier molecular flexibility index (Phi) is 7.82. The molecule has 0 fully saturated rings. The van der Waals surface area contributed by atoms with Crippen LogP contribution < -0.4 is 10.4 Å². The van der Waals surface area contributed by atoms with E-state index in [0.717, 1.165) is 4.47 Å². The van der Waals surface area contributed by atoms with Gasteiger partial charge in [-0.15, -0.1) is 0 Å². The summed E-state index contributed by atoms with van der Waals surface area (Å²) in [7, 11) is -0.824. The Morgan fingerprint density at radius 3 is 1.66 bits per heavy atom. The Balaban J connectivity index is 2.06. The minimum absolute atomic E-state index is 0.0640. The Hall–Kier alpha value is -1.72. The molecule has 3 rings (SSSR count). The minimum atomic E-state index is -2.61. The van der Waals surface area contributed by atoms with Gasteiger partial charge >= 0.3 is 0 Å². The van der Waals surface area contributed by atoms with E-state index in [-0.39, 0.29) is 16.6 Å². The third kappa shape index (κ3) is 4.79. The molecule has 4 heteroatoms. The average molecular weight is 512 g/mol. The maximum Gasteiger partial charge on any atom is 0.261 e. The van der Waals surface area contributed by atoms with Gasteiger partial charge in [0.05, 0.1) is 12.7 Å². The molecule has 0 saturated heterocycles. The van der Waals surface area contributed by atoms with Gasteiger partial charge in [0.25, 0.3) is 8.32 Å². The topological polar surface area (TPSA) is 18.5 Å². The molecule has 0 spiro atoms. The molecular formula is C28H35BrO2Si. The first-order chi connectivity index (χ1) is 15.1. The highest BCUT2D eigenvalue weighted by atomic mass is 79.9. The van der Waals surface area contributed by atoms with Gasteiger partial charge in [-0.05, 0) is 27.0 Å². The van der Waals surface area contributed by atoms with Crippen LogP contribution in [0.5, 0.6) is 0 Å². The first-order valence-electron chi connectivity index (χ1n) is 11.2. The lowest BCUT2D eigenvalue weighted by Crippen LogP contribution is -2.67. The molecule has 0 aliphatic heterocycles. The maximum absolute atomic E-state index is 7.17. The minimum Gasteiger partial charge on any atom is -0.405 e. The summed E-state index contributed by atoms with van der Waals surface area (Å²) >= 11 is 3.74. The monoisotopic (exact) mass is 510 g/mol. The van der Waals surface area contributed by atoms with E-state index >= 15 is 0 Å². The van der Waals surface area contributed by atoms with Crippen molar-refractivity contribution in [3.63, 3.8) is 0 Å². The molecule has 170 valence electrons. The molecule has 0 amide bonds. The van der Waals surface area contributed by atoms with Crippen LogP contribution in [-0.2, 0) is 14.6 Å². The highest BCUT2D eigenvalue weighted by Gasteiger charge is 2.51. The third-order valence-electron chi connectivity index (χ3n) is 6.53. The number of rotatable bonds is 8. The van der Waals surface area contributed by atoms with E-state index in [9.17, 15) is 0 Å². The van der Waals surface area contributed by atoms with Crippen molar-refractivity contribution >= 4 is 34.6 Å². The highest BCUT2D eigenvalue weighted by molar-refractivity contribution is 9.10. The van der Waals surface area contributed by atoms with Gasteiger partial charge in [0.1, 0.15) is 0 Å². The van der Waals surface area contributed by atoms with Gasteiger partial charge in [0.15, 0.2) is 0 Å². The van der Waals surface area contributed by atoms with Crippen LogP contribution in [0.2, 0.25) is 5.04 Å². The van der Waals surface area contributed by atoms with E-state index in [1.165, 1.54) is 15.9 Å². The number of methoxy groups -OCH3 is 1. The van der Waals surface area contributed by atoms with Crippen LogP contribution in [0.1, 0.15) is 40.2 Å². The second kappa shape index (κ2) is 10.0. The summed E-state index contributed by atoms with van der Waals surface area (Å²) in [5, 5.41) is 2.50. The molecule has 1 atom stereocenters. The first-order valence-corrected chi connectivity index (χ1v) is 13.9.